The van der Waals surface area contributed by atoms with E-state index in [1.54, 1.807) is 50.6 Å². The quantitative estimate of drug-likeness (QED) is 0.683. The molecule has 0 bridgehead atoms. The number of methoxy groups -OCH3 is 2. The molecule has 0 saturated heterocycles. The summed E-state index contributed by atoms with van der Waals surface area (Å²) in [6.45, 7) is 1.84. The minimum absolute atomic E-state index is 0.304. The molecule has 2 N–H and O–H groups in total. The minimum atomic E-state index is -0.369. The Morgan fingerprint density at radius 3 is 2.38 bits per heavy atom. The highest BCUT2D eigenvalue weighted by atomic mass is 19.1. The lowest BCUT2D eigenvalue weighted by Gasteiger charge is -2.12. The van der Waals surface area contributed by atoms with E-state index in [2.05, 4.69) is 20.6 Å². The van der Waals surface area contributed by atoms with Gasteiger partial charge in [-0.3, -0.25) is 0 Å². The molecule has 26 heavy (non-hydrogen) atoms. The van der Waals surface area contributed by atoms with Gasteiger partial charge in [0.2, 0.25) is 5.95 Å². The van der Waals surface area contributed by atoms with Crippen molar-refractivity contribution < 1.29 is 13.9 Å². The van der Waals surface area contributed by atoms with E-state index in [-0.39, 0.29) is 5.82 Å². The Bertz CT molecular complexity index is 918. The summed E-state index contributed by atoms with van der Waals surface area (Å²) in [7, 11) is 3.16. The Labute approximate surface area is 151 Å². The maximum atomic E-state index is 13.8. The monoisotopic (exact) mass is 354 g/mol. The van der Waals surface area contributed by atoms with Crippen molar-refractivity contribution >= 4 is 23.1 Å². The van der Waals surface area contributed by atoms with Gasteiger partial charge in [0.05, 0.1) is 19.9 Å². The highest BCUT2D eigenvalue weighted by molar-refractivity contribution is 5.63. The summed E-state index contributed by atoms with van der Waals surface area (Å²) in [5.41, 5.74) is 1.83. The highest BCUT2D eigenvalue weighted by Gasteiger charge is 2.08. The van der Waals surface area contributed by atoms with Crippen molar-refractivity contribution in [1.29, 1.82) is 0 Å². The predicted octanol–water partition coefficient (Wildman–Crippen LogP) is 4.43. The standard InChI is InChI=1S/C19H19FN4O2/c1-12-10-18(22-13-8-9-16(25-2)17(11-13)26-3)24-19(21-12)23-15-7-5-4-6-14(15)20/h4-11H,1-3H3,(H2,21,22,23,24). The van der Waals surface area contributed by atoms with Gasteiger partial charge in [0.15, 0.2) is 11.5 Å². The summed E-state index contributed by atoms with van der Waals surface area (Å²) in [5.74, 6) is 1.75. The Balaban J connectivity index is 1.85. The van der Waals surface area contributed by atoms with E-state index >= 15 is 0 Å². The molecule has 6 nitrogen and oxygen atoms in total. The van der Waals surface area contributed by atoms with Crippen LogP contribution >= 0.6 is 0 Å². The van der Waals surface area contributed by atoms with E-state index in [9.17, 15) is 4.39 Å². The zero-order valence-electron chi connectivity index (χ0n) is 14.7. The van der Waals surface area contributed by atoms with Gasteiger partial charge in [-0.05, 0) is 31.2 Å². The molecule has 0 saturated carbocycles. The number of para-hydroxylation sites is 1. The average molecular weight is 354 g/mol. The molecule has 134 valence electrons. The summed E-state index contributed by atoms with van der Waals surface area (Å²) in [4.78, 5) is 8.69. The third-order valence-electron chi connectivity index (χ3n) is 3.63. The van der Waals surface area contributed by atoms with Crippen LogP contribution in [0.15, 0.2) is 48.5 Å². The van der Waals surface area contributed by atoms with E-state index in [4.69, 9.17) is 9.47 Å². The zero-order chi connectivity index (χ0) is 18.5. The number of nitrogens with one attached hydrogen (secondary N) is 2. The fourth-order valence-corrected chi connectivity index (χ4v) is 2.43. The van der Waals surface area contributed by atoms with Gasteiger partial charge in [0, 0.05) is 23.5 Å². The van der Waals surface area contributed by atoms with E-state index in [0.717, 1.165) is 11.4 Å². The Kier molecular flexibility index (Phi) is 5.17. The van der Waals surface area contributed by atoms with E-state index in [1.165, 1.54) is 6.07 Å². The van der Waals surface area contributed by atoms with Crippen molar-refractivity contribution in [3.8, 4) is 11.5 Å². The number of halogens is 1. The van der Waals surface area contributed by atoms with Crippen LogP contribution in [0.2, 0.25) is 0 Å². The fourth-order valence-electron chi connectivity index (χ4n) is 2.43. The first-order valence-electron chi connectivity index (χ1n) is 7.95. The Hall–Kier alpha value is -3.35. The number of benzene rings is 2. The van der Waals surface area contributed by atoms with Crippen molar-refractivity contribution in [1.82, 2.24) is 9.97 Å². The van der Waals surface area contributed by atoms with Crippen LogP contribution in [0.1, 0.15) is 5.69 Å². The van der Waals surface area contributed by atoms with Crippen LogP contribution in [0, 0.1) is 12.7 Å². The number of hydrogen-bond acceptors (Lipinski definition) is 6. The molecule has 3 aromatic rings. The summed E-state index contributed by atoms with van der Waals surface area (Å²) >= 11 is 0. The summed E-state index contributed by atoms with van der Waals surface area (Å²) in [6.07, 6.45) is 0. The SMILES string of the molecule is COc1ccc(Nc2cc(C)nc(Nc3ccccc3F)n2)cc1OC. The van der Waals surface area contributed by atoms with Crippen LogP contribution < -0.4 is 20.1 Å². The molecule has 0 atom stereocenters. The van der Waals surface area contributed by atoms with Crippen LogP contribution in [-0.4, -0.2) is 24.2 Å². The molecular formula is C19H19FN4O2. The van der Waals surface area contributed by atoms with Gasteiger partial charge >= 0.3 is 0 Å². The van der Waals surface area contributed by atoms with Gasteiger partial charge in [-0.15, -0.1) is 0 Å². The molecule has 0 amide bonds. The van der Waals surface area contributed by atoms with Crippen molar-refractivity contribution in [2.75, 3.05) is 24.9 Å². The van der Waals surface area contributed by atoms with Crippen LogP contribution in [0.5, 0.6) is 11.5 Å². The molecule has 0 spiro atoms. The van der Waals surface area contributed by atoms with Crippen LogP contribution in [0.4, 0.5) is 27.5 Å². The van der Waals surface area contributed by atoms with Gasteiger partial charge in [-0.25, -0.2) is 9.37 Å². The van der Waals surface area contributed by atoms with Crippen molar-refractivity contribution in [2.24, 2.45) is 0 Å². The molecule has 2 aromatic carbocycles. The van der Waals surface area contributed by atoms with Gasteiger partial charge in [-0.1, -0.05) is 12.1 Å². The van der Waals surface area contributed by atoms with E-state index in [1.807, 2.05) is 13.0 Å². The lowest BCUT2D eigenvalue weighted by Crippen LogP contribution is -2.03. The number of anilines is 4. The number of aryl methyl sites for hydroxylation is 1. The first-order chi connectivity index (χ1) is 12.6. The van der Waals surface area contributed by atoms with Crippen LogP contribution in [0.3, 0.4) is 0 Å². The van der Waals surface area contributed by atoms with Crippen molar-refractivity contribution in [2.45, 2.75) is 6.92 Å². The average Bonchev–Trinajstić information content (AvgIpc) is 2.63. The molecule has 7 heteroatoms. The second-order valence-corrected chi connectivity index (χ2v) is 5.52. The third-order valence-corrected chi connectivity index (χ3v) is 3.63. The minimum Gasteiger partial charge on any atom is -0.493 e. The molecule has 0 unspecified atom stereocenters. The van der Waals surface area contributed by atoms with Crippen LogP contribution in [-0.2, 0) is 0 Å². The van der Waals surface area contributed by atoms with Crippen LogP contribution in [0.25, 0.3) is 0 Å². The maximum absolute atomic E-state index is 13.8. The Morgan fingerprint density at radius 2 is 1.65 bits per heavy atom. The topological polar surface area (TPSA) is 68.3 Å². The first kappa shape index (κ1) is 17.5. The normalized spacial score (nSPS) is 10.3. The van der Waals surface area contributed by atoms with E-state index < -0.39 is 0 Å². The van der Waals surface area contributed by atoms with Gasteiger partial charge < -0.3 is 20.1 Å². The number of hydrogen-bond donors (Lipinski definition) is 2. The number of aromatic nitrogens is 2. The largest absolute Gasteiger partial charge is 0.493 e. The van der Waals surface area contributed by atoms with Gasteiger partial charge in [0.25, 0.3) is 0 Å². The van der Waals surface area contributed by atoms with Crippen molar-refractivity contribution in [3.63, 3.8) is 0 Å². The number of ether oxygens (including phenoxy) is 2. The predicted molar refractivity (Wildman–Crippen MR) is 99.3 cm³/mol. The molecule has 0 aliphatic heterocycles. The molecule has 0 aliphatic carbocycles. The molecule has 0 radical (unpaired) electrons. The lowest BCUT2D eigenvalue weighted by atomic mass is 10.2. The molecular weight excluding hydrogens is 335 g/mol. The molecule has 0 fully saturated rings. The van der Waals surface area contributed by atoms with Gasteiger partial charge in [0.1, 0.15) is 11.6 Å². The molecule has 1 aromatic heterocycles. The zero-order valence-corrected chi connectivity index (χ0v) is 14.7. The summed E-state index contributed by atoms with van der Waals surface area (Å²) in [5, 5.41) is 6.09. The maximum Gasteiger partial charge on any atom is 0.229 e. The van der Waals surface area contributed by atoms with E-state index in [0.29, 0.717) is 29.0 Å². The lowest BCUT2D eigenvalue weighted by molar-refractivity contribution is 0.355. The summed E-state index contributed by atoms with van der Waals surface area (Å²) < 4.78 is 24.4. The fraction of sp³-hybridized carbons (Fsp3) is 0.158. The second kappa shape index (κ2) is 7.69. The number of nitrogens with zero attached hydrogens (tertiary/aromatic N) is 2. The highest BCUT2D eigenvalue weighted by Crippen LogP contribution is 2.31. The number of rotatable bonds is 6. The summed E-state index contributed by atoms with van der Waals surface area (Å²) in [6, 6.07) is 13.6. The molecule has 1 heterocycles. The molecule has 3 rings (SSSR count). The first-order valence-corrected chi connectivity index (χ1v) is 7.95. The molecule has 0 aliphatic rings. The third kappa shape index (κ3) is 4.00. The van der Waals surface area contributed by atoms with Gasteiger partial charge in [-0.2, -0.15) is 4.98 Å². The van der Waals surface area contributed by atoms with Crippen molar-refractivity contribution in [3.05, 3.63) is 60.0 Å². The smallest absolute Gasteiger partial charge is 0.229 e. The Morgan fingerprint density at radius 1 is 0.885 bits per heavy atom. The second-order valence-electron chi connectivity index (χ2n) is 5.52.